The summed E-state index contributed by atoms with van der Waals surface area (Å²) in [6.45, 7) is 52.3. The van der Waals surface area contributed by atoms with Gasteiger partial charge in [0.25, 0.3) is 0 Å². The fourth-order valence-electron chi connectivity index (χ4n) is 6.05. The van der Waals surface area contributed by atoms with Gasteiger partial charge < -0.3 is 0 Å². The molecular weight excluding hydrogens is 565 g/mol. The summed E-state index contributed by atoms with van der Waals surface area (Å²) in [5, 5.41) is 0. The molecule has 47 heavy (non-hydrogen) atoms. The van der Waals surface area contributed by atoms with Crippen molar-refractivity contribution in [3.8, 4) is 0 Å². The Bertz CT molecular complexity index is 1320. The minimum atomic E-state index is 0.223. The Labute approximate surface area is 294 Å². The molecule has 0 heterocycles. The molecule has 0 heteroatoms. The minimum Gasteiger partial charge on any atom is -0.0590 e. The second-order valence-electron chi connectivity index (χ2n) is 20.5. The van der Waals surface area contributed by atoms with Gasteiger partial charge in [-0.25, -0.2) is 0 Å². The molecule has 3 aromatic carbocycles. The van der Waals surface area contributed by atoms with Crippen LogP contribution in [0.25, 0.3) is 0 Å². The van der Waals surface area contributed by atoms with E-state index in [9.17, 15) is 0 Å². The molecule has 0 atom stereocenters. The van der Waals surface area contributed by atoms with Crippen molar-refractivity contribution in [1.82, 2.24) is 0 Å². The lowest BCUT2D eigenvalue weighted by Gasteiger charge is -2.31. The van der Waals surface area contributed by atoms with Crippen molar-refractivity contribution in [2.75, 3.05) is 0 Å². The van der Waals surface area contributed by atoms with E-state index >= 15 is 0 Å². The molecule has 3 rings (SSSR count). The van der Waals surface area contributed by atoms with Gasteiger partial charge in [-0.2, -0.15) is 0 Å². The van der Waals surface area contributed by atoms with Gasteiger partial charge in [0.05, 0.1) is 0 Å². The Morgan fingerprint density at radius 2 is 0.447 bits per heavy atom. The van der Waals surface area contributed by atoms with Crippen LogP contribution in [0.5, 0.6) is 0 Å². The average Bonchev–Trinajstić information content (AvgIpc) is 2.83. The van der Waals surface area contributed by atoms with Crippen LogP contribution in [0, 0.1) is 34.6 Å². The lowest BCUT2D eigenvalue weighted by atomic mass is 9.74. The molecule has 0 aliphatic rings. The summed E-state index contributed by atoms with van der Waals surface area (Å²) in [5.74, 6) is 0. The van der Waals surface area contributed by atoms with Crippen LogP contribution in [0.1, 0.15) is 186 Å². The van der Waals surface area contributed by atoms with Crippen molar-refractivity contribution in [3.05, 3.63) is 104 Å². The van der Waals surface area contributed by atoms with Crippen molar-refractivity contribution in [2.24, 2.45) is 0 Å². The van der Waals surface area contributed by atoms with E-state index in [0.717, 1.165) is 0 Å². The van der Waals surface area contributed by atoms with Gasteiger partial charge in [-0.05, 0) is 123 Å². The molecule has 0 nitrogen and oxygen atoms in total. The summed E-state index contributed by atoms with van der Waals surface area (Å²) in [7, 11) is 0. The average molecular weight is 641 g/mol. The lowest BCUT2D eigenvalue weighted by molar-refractivity contribution is 0.529. The molecule has 0 amide bonds. The van der Waals surface area contributed by atoms with E-state index in [1.54, 1.807) is 0 Å². The summed E-state index contributed by atoms with van der Waals surface area (Å²) in [4.78, 5) is 0. The third-order valence-electron chi connectivity index (χ3n) is 9.29. The van der Waals surface area contributed by atoms with E-state index in [1.807, 2.05) is 0 Å². The highest BCUT2D eigenvalue weighted by atomic mass is 14.3. The minimum absolute atomic E-state index is 0.223. The molecule has 0 saturated heterocycles. The van der Waals surface area contributed by atoms with Crippen molar-refractivity contribution in [1.29, 1.82) is 0 Å². The summed E-state index contributed by atoms with van der Waals surface area (Å²) in [6.07, 6.45) is 0. The van der Waals surface area contributed by atoms with E-state index in [-0.39, 0.29) is 32.5 Å². The fourth-order valence-corrected chi connectivity index (χ4v) is 6.05. The van der Waals surface area contributed by atoms with Gasteiger partial charge in [0.1, 0.15) is 0 Å². The van der Waals surface area contributed by atoms with Crippen molar-refractivity contribution < 1.29 is 0 Å². The third kappa shape index (κ3) is 12.2. The fraction of sp³-hybridized carbons (Fsp3) is 0.617. The van der Waals surface area contributed by atoms with Crippen LogP contribution in [-0.4, -0.2) is 0 Å². The van der Waals surface area contributed by atoms with Crippen LogP contribution in [0.15, 0.2) is 42.5 Å². The second-order valence-corrected chi connectivity index (χ2v) is 20.5. The molecule has 0 unspecified atom stereocenters. The zero-order valence-electron chi connectivity index (χ0n) is 35.5. The largest absolute Gasteiger partial charge is 0.0590 e. The van der Waals surface area contributed by atoms with Crippen molar-refractivity contribution >= 4 is 0 Å². The molecule has 0 radical (unpaired) electrons. The highest BCUT2D eigenvalue weighted by molar-refractivity contribution is 5.45. The summed E-state index contributed by atoms with van der Waals surface area (Å²) >= 11 is 0. The van der Waals surface area contributed by atoms with Crippen LogP contribution >= 0.6 is 0 Å². The molecule has 0 aliphatic carbocycles. The maximum Gasteiger partial charge on any atom is -0.0129 e. The molecule has 0 aromatic heterocycles. The molecule has 0 saturated carbocycles. The van der Waals surface area contributed by atoms with Crippen LogP contribution in [0.2, 0.25) is 0 Å². The number of hydrogen-bond donors (Lipinski definition) is 0. The standard InChI is InChI=1S/2C16H26.C15H24/c2*1-11-9-13(15(3,4)5)14(10-12(11)2)16(6,7)8;1-11-8-9-12(14(2,3)4)13(10-11)15(5,6)7/h2*9-10H,1-8H3;8-10H,1-7H3. The topological polar surface area (TPSA) is 0 Å². The van der Waals surface area contributed by atoms with E-state index < -0.39 is 0 Å². The summed E-state index contributed by atoms with van der Waals surface area (Å²) in [6, 6.07) is 16.3. The SMILES string of the molecule is Cc1cc(C(C)(C)C)c(C(C)(C)C)cc1C.Cc1cc(C(C)(C)C)c(C(C)(C)C)cc1C.Cc1ccc(C(C)(C)C)c(C(C)(C)C)c1. The Morgan fingerprint density at radius 3 is 0.638 bits per heavy atom. The predicted octanol–water partition coefficient (Wildman–Crippen LogP) is 14.4. The number of rotatable bonds is 0. The zero-order valence-corrected chi connectivity index (χ0v) is 35.5. The lowest BCUT2D eigenvalue weighted by Crippen LogP contribution is -2.22. The van der Waals surface area contributed by atoms with Gasteiger partial charge in [0.2, 0.25) is 0 Å². The summed E-state index contributed by atoms with van der Waals surface area (Å²) < 4.78 is 0. The molecule has 0 aliphatic heterocycles. The molecular formula is C47H76. The number of aryl methyl sites for hydroxylation is 5. The molecule has 0 spiro atoms. The molecule has 264 valence electrons. The third-order valence-corrected chi connectivity index (χ3v) is 9.29. The van der Waals surface area contributed by atoms with Gasteiger partial charge in [-0.1, -0.05) is 173 Å². The van der Waals surface area contributed by atoms with Gasteiger partial charge >= 0.3 is 0 Å². The zero-order chi connectivity index (χ0) is 37.3. The smallest absolute Gasteiger partial charge is 0.0129 e. The highest BCUT2D eigenvalue weighted by Crippen LogP contribution is 2.37. The first-order valence-corrected chi connectivity index (χ1v) is 18.0. The van der Waals surface area contributed by atoms with E-state index in [1.165, 1.54) is 61.2 Å². The van der Waals surface area contributed by atoms with Crippen molar-refractivity contribution in [3.63, 3.8) is 0 Å². The maximum absolute atomic E-state index is 2.37. The number of hydrogen-bond acceptors (Lipinski definition) is 0. The molecule has 0 N–H and O–H groups in total. The quantitative estimate of drug-likeness (QED) is 0.229. The van der Waals surface area contributed by atoms with Crippen LogP contribution in [0.4, 0.5) is 0 Å². The maximum atomic E-state index is 2.37. The van der Waals surface area contributed by atoms with Gasteiger partial charge in [-0.15, -0.1) is 0 Å². The van der Waals surface area contributed by atoms with Crippen LogP contribution < -0.4 is 0 Å². The van der Waals surface area contributed by atoms with E-state index in [0.29, 0.717) is 0 Å². The predicted molar refractivity (Wildman–Crippen MR) is 215 cm³/mol. The molecule has 0 bridgehead atoms. The summed E-state index contributed by atoms with van der Waals surface area (Å²) in [5.41, 5.74) is 17.2. The van der Waals surface area contributed by atoms with Crippen LogP contribution in [0.3, 0.4) is 0 Å². The van der Waals surface area contributed by atoms with Gasteiger partial charge in [-0.3, -0.25) is 0 Å². The second kappa shape index (κ2) is 14.6. The Hall–Kier alpha value is -2.34. The Morgan fingerprint density at radius 1 is 0.255 bits per heavy atom. The van der Waals surface area contributed by atoms with Gasteiger partial charge in [0.15, 0.2) is 0 Å². The highest BCUT2D eigenvalue weighted by Gasteiger charge is 2.27. The Balaban J connectivity index is 0.000000353. The Kier molecular flexibility index (Phi) is 13.3. The van der Waals surface area contributed by atoms with Crippen LogP contribution in [-0.2, 0) is 32.5 Å². The normalized spacial score (nSPS) is 13.0. The van der Waals surface area contributed by atoms with E-state index in [4.69, 9.17) is 0 Å². The first-order chi connectivity index (χ1) is 20.7. The monoisotopic (exact) mass is 641 g/mol. The first-order valence-electron chi connectivity index (χ1n) is 18.0. The molecule has 0 fully saturated rings. The number of benzene rings is 3. The van der Waals surface area contributed by atoms with E-state index in [2.05, 4.69) is 202 Å². The molecule has 3 aromatic rings. The van der Waals surface area contributed by atoms with Gasteiger partial charge in [0, 0.05) is 0 Å². The van der Waals surface area contributed by atoms with Crippen molar-refractivity contribution in [2.45, 2.75) is 192 Å². The first kappa shape index (κ1) is 42.7.